The number of carbonyl (C=O) groups excluding carboxylic acids is 1. The summed E-state index contributed by atoms with van der Waals surface area (Å²) in [5.74, 6) is -0.497. The van der Waals surface area contributed by atoms with Crippen molar-refractivity contribution in [3.05, 3.63) is 21.4 Å². The highest BCUT2D eigenvalue weighted by molar-refractivity contribution is 7.20. The second-order valence-corrected chi connectivity index (χ2v) is 4.37. The summed E-state index contributed by atoms with van der Waals surface area (Å²) in [6, 6.07) is 1.60. The number of hydrogen-bond donors (Lipinski definition) is 0. The Labute approximate surface area is 98.8 Å². The predicted octanol–water partition coefficient (Wildman–Crippen LogP) is 2.78. The summed E-state index contributed by atoms with van der Waals surface area (Å²) in [5, 5.41) is 0.690. The van der Waals surface area contributed by atoms with E-state index in [0.717, 1.165) is 11.3 Å². The van der Waals surface area contributed by atoms with Gasteiger partial charge in [-0.05, 0) is 6.07 Å². The van der Waals surface area contributed by atoms with Gasteiger partial charge in [-0.3, -0.25) is 0 Å². The first-order chi connectivity index (χ1) is 7.11. The molecule has 7 heteroatoms. The summed E-state index contributed by atoms with van der Waals surface area (Å²) >= 11 is 12.7. The van der Waals surface area contributed by atoms with Gasteiger partial charge in [-0.2, -0.15) is 0 Å². The number of hydrogen-bond acceptors (Lipinski definition) is 5. The molecule has 78 valence electrons. The Balaban J connectivity index is 2.65. The van der Waals surface area contributed by atoms with E-state index in [1.807, 2.05) is 0 Å². The maximum Gasteiger partial charge on any atom is 0.367 e. The average molecular weight is 263 g/mol. The second kappa shape index (κ2) is 3.92. The van der Waals surface area contributed by atoms with Crippen molar-refractivity contribution < 1.29 is 9.53 Å². The zero-order chi connectivity index (χ0) is 11.0. The molecule has 0 unspecified atom stereocenters. The highest BCUT2D eigenvalue weighted by Crippen LogP contribution is 2.29. The van der Waals surface area contributed by atoms with Crippen LogP contribution in [-0.2, 0) is 4.74 Å². The third-order valence-corrected chi connectivity index (χ3v) is 3.10. The van der Waals surface area contributed by atoms with Crippen LogP contribution in [0.1, 0.15) is 9.80 Å². The first kappa shape index (κ1) is 10.6. The van der Waals surface area contributed by atoms with Crippen molar-refractivity contribution in [2.24, 2.45) is 0 Å². The fourth-order valence-corrected chi connectivity index (χ4v) is 2.55. The van der Waals surface area contributed by atoms with Crippen molar-refractivity contribution in [1.29, 1.82) is 0 Å². The van der Waals surface area contributed by atoms with Crippen molar-refractivity contribution >= 4 is 50.7 Å². The van der Waals surface area contributed by atoms with Gasteiger partial charge in [0.25, 0.3) is 0 Å². The van der Waals surface area contributed by atoms with Crippen LogP contribution in [0.2, 0.25) is 10.3 Å². The molecule has 2 aromatic heterocycles. The van der Waals surface area contributed by atoms with Gasteiger partial charge < -0.3 is 4.74 Å². The highest BCUT2D eigenvalue weighted by Gasteiger charge is 2.15. The Hall–Kier alpha value is -0.910. The molecule has 2 aromatic rings. The van der Waals surface area contributed by atoms with E-state index in [1.54, 1.807) is 6.07 Å². The molecular formula is C8H4Cl2N2O2S. The Morgan fingerprint density at radius 1 is 1.47 bits per heavy atom. The number of thiazole rings is 1. The van der Waals surface area contributed by atoms with Crippen LogP contribution in [-0.4, -0.2) is 23.0 Å². The van der Waals surface area contributed by atoms with Crippen molar-refractivity contribution in [3.63, 3.8) is 0 Å². The van der Waals surface area contributed by atoms with E-state index in [-0.39, 0.29) is 15.3 Å². The first-order valence-electron chi connectivity index (χ1n) is 3.82. The summed E-state index contributed by atoms with van der Waals surface area (Å²) in [6.45, 7) is 0. The summed E-state index contributed by atoms with van der Waals surface area (Å²) in [4.78, 5) is 19.0. The lowest BCUT2D eigenvalue weighted by atomic mass is 10.4. The fraction of sp³-hybridized carbons (Fsp3) is 0.125. The number of carbonyl (C=O) groups is 1. The zero-order valence-corrected chi connectivity index (χ0v) is 9.78. The molecular weight excluding hydrogens is 259 g/mol. The molecule has 0 aliphatic rings. The van der Waals surface area contributed by atoms with Crippen LogP contribution < -0.4 is 0 Å². The molecule has 0 bridgehead atoms. The van der Waals surface area contributed by atoms with Crippen LogP contribution in [0.15, 0.2) is 6.07 Å². The maximum absolute atomic E-state index is 11.2. The van der Waals surface area contributed by atoms with E-state index >= 15 is 0 Å². The van der Waals surface area contributed by atoms with Crippen LogP contribution in [0.5, 0.6) is 0 Å². The summed E-state index contributed by atoms with van der Waals surface area (Å²) < 4.78 is 5.26. The van der Waals surface area contributed by atoms with Gasteiger partial charge in [0.15, 0.2) is 5.15 Å². The average Bonchev–Trinajstić information content (AvgIpc) is 2.60. The Kier molecular flexibility index (Phi) is 2.77. The molecule has 0 aliphatic heterocycles. The Bertz CT molecular complexity index is 541. The van der Waals surface area contributed by atoms with E-state index in [9.17, 15) is 4.79 Å². The lowest BCUT2D eigenvalue weighted by molar-refractivity contribution is 0.0600. The number of fused-ring (bicyclic) bond motifs is 1. The van der Waals surface area contributed by atoms with Crippen LogP contribution >= 0.6 is 34.5 Å². The number of methoxy groups -OCH3 is 1. The topological polar surface area (TPSA) is 52.1 Å². The number of pyridine rings is 1. The maximum atomic E-state index is 11.2. The molecule has 2 rings (SSSR count). The number of rotatable bonds is 1. The number of ether oxygens (including phenoxy) is 1. The van der Waals surface area contributed by atoms with Gasteiger partial charge in [0.1, 0.15) is 10.7 Å². The lowest BCUT2D eigenvalue weighted by Crippen LogP contribution is -1.99. The molecule has 15 heavy (non-hydrogen) atoms. The van der Waals surface area contributed by atoms with Gasteiger partial charge in [0.05, 0.1) is 11.8 Å². The first-order valence-corrected chi connectivity index (χ1v) is 5.40. The third-order valence-electron chi connectivity index (χ3n) is 1.66. The summed E-state index contributed by atoms with van der Waals surface area (Å²) in [7, 11) is 1.29. The molecule has 0 aromatic carbocycles. The lowest BCUT2D eigenvalue weighted by Gasteiger charge is -1.91. The van der Waals surface area contributed by atoms with E-state index in [4.69, 9.17) is 23.2 Å². The van der Waals surface area contributed by atoms with Gasteiger partial charge in [-0.1, -0.05) is 23.2 Å². The van der Waals surface area contributed by atoms with Crippen LogP contribution in [0.4, 0.5) is 0 Å². The number of nitrogens with zero attached hydrogens (tertiary/aromatic N) is 2. The van der Waals surface area contributed by atoms with Gasteiger partial charge in [0, 0.05) is 0 Å². The van der Waals surface area contributed by atoms with Crippen LogP contribution in [0.25, 0.3) is 10.2 Å². The molecule has 0 radical (unpaired) electrons. The summed E-state index contributed by atoms with van der Waals surface area (Å²) in [5.41, 5.74) is 0.464. The van der Waals surface area contributed by atoms with Crippen molar-refractivity contribution in [3.8, 4) is 0 Å². The second-order valence-electron chi connectivity index (χ2n) is 2.59. The van der Waals surface area contributed by atoms with Gasteiger partial charge in [0.2, 0.25) is 5.01 Å². The molecule has 0 saturated carbocycles. The number of halogens is 2. The van der Waals surface area contributed by atoms with Crippen molar-refractivity contribution in [2.75, 3.05) is 7.11 Å². The number of esters is 1. The fourth-order valence-electron chi connectivity index (χ4n) is 1.04. The Morgan fingerprint density at radius 2 is 2.20 bits per heavy atom. The smallest absolute Gasteiger partial charge is 0.367 e. The van der Waals surface area contributed by atoms with Crippen LogP contribution in [0, 0.1) is 0 Å². The minimum absolute atomic E-state index is 0.184. The Morgan fingerprint density at radius 3 is 2.87 bits per heavy atom. The van der Waals surface area contributed by atoms with Crippen molar-refractivity contribution in [2.45, 2.75) is 0 Å². The van der Waals surface area contributed by atoms with Crippen molar-refractivity contribution in [1.82, 2.24) is 9.97 Å². The molecule has 0 spiro atoms. The van der Waals surface area contributed by atoms with E-state index in [0.29, 0.717) is 10.2 Å². The molecule has 2 heterocycles. The van der Waals surface area contributed by atoms with Gasteiger partial charge in [-0.15, -0.1) is 11.3 Å². The van der Waals surface area contributed by atoms with E-state index in [1.165, 1.54) is 7.11 Å². The monoisotopic (exact) mass is 262 g/mol. The summed E-state index contributed by atoms with van der Waals surface area (Å²) in [6.07, 6.45) is 0. The molecule has 0 saturated heterocycles. The quantitative estimate of drug-likeness (QED) is 0.586. The minimum Gasteiger partial charge on any atom is -0.464 e. The SMILES string of the molecule is COC(=O)c1nc2c(Cl)nc(Cl)cc2s1. The molecule has 4 nitrogen and oxygen atoms in total. The zero-order valence-electron chi connectivity index (χ0n) is 7.45. The number of aromatic nitrogens is 2. The van der Waals surface area contributed by atoms with Gasteiger partial charge >= 0.3 is 5.97 Å². The molecule has 0 aliphatic carbocycles. The predicted molar refractivity (Wildman–Crippen MR) is 58.8 cm³/mol. The minimum atomic E-state index is -0.497. The highest BCUT2D eigenvalue weighted by atomic mass is 35.5. The molecule has 0 amide bonds. The third kappa shape index (κ3) is 1.90. The van der Waals surface area contributed by atoms with Crippen LogP contribution in [0.3, 0.4) is 0 Å². The standard InChI is InChI=1S/C8H4Cl2N2O2S/c1-14-8(13)7-12-5-3(15-7)2-4(9)11-6(5)10/h2H,1H3. The largest absolute Gasteiger partial charge is 0.464 e. The van der Waals surface area contributed by atoms with E-state index < -0.39 is 5.97 Å². The molecule has 0 fully saturated rings. The normalized spacial score (nSPS) is 10.6. The van der Waals surface area contributed by atoms with E-state index in [2.05, 4.69) is 14.7 Å². The van der Waals surface area contributed by atoms with Gasteiger partial charge in [-0.25, -0.2) is 14.8 Å². The molecule has 0 N–H and O–H groups in total. The molecule has 0 atom stereocenters.